The quantitative estimate of drug-likeness (QED) is 0.0194. The number of aliphatic imine (C=N–C) groups is 1. The average molecular weight is 768 g/mol. The molecule has 1 aromatic carbocycles. The first kappa shape index (κ1) is 46.4. The molecule has 20 heteroatoms. The lowest BCUT2D eigenvalue weighted by Crippen LogP contribution is -2.59. The zero-order valence-electron chi connectivity index (χ0n) is 30.1. The summed E-state index contributed by atoms with van der Waals surface area (Å²) >= 11 is 4.19. The molecule has 53 heavy (non-hydrogen) atoms. The maximum absolute atomic E-state index is 13.7. The lowest BCUT2D eigenvalue weighted by Gasteiger charge is -2.26. The van der Waals surface area contributed by atoms with Gasteiger partial charge < -0.3 is 65.5 Å². The molecule has 5 amide bonds. The van der Waals surface area contributed by atoms with Gasteiger partial charge in [-0.25, -0.2) is 4.79 Å². The fourth-order valence-corrected chi connectivity index (χ4v) is 5.19. The summed E-state index contributed by atoms with van der Waals surface area (Å²) in [6, 6.07) is -1.13. The number of nitrogens with zero attached hydrogens (tertiary/aromatic N) is 1. The van der Waals surface area contributed by atoms with Gasteiger partial charge in [0.15, 0.2) is 5.96 Å². The number of carbonyl (C=O) groups excluding carboxylic acids is 5. The number of hydrogen-bond acceptors (Lipinski definition) is 12. The van der Waals surface area contributed by atoms with Gasteiger partial charge in [0.05, 0.1) is 6.04 Å². The largest absolute Gasteiger partial charge is 0.508 e. The number of phenolic OH excluding ortho intramolecular Hbond substituents is 1. The van der Waals surface area contributed by atoms with Crippen molar-refractivity contribution in [2.75, 3.05) is 25.4 Å². The zero-order chi connectivity index (χ0) is 39.9. The minimum Gasteiger partial charge on any atom is -0.508 e. The summed E-state index contributed by atoms with van der Waals surface area (Å²) in [7, 11) is 0. The van der Waals surface area contributed by atoms with E-state index in [0.29, 0.717) is 50.8 Å². The van der Waals surface area contributed by atoms with Gasteiger partial charge >= 0.3 is 5.97 Å². The van der Waals surface area contributed by atoms with E-state index in [2.05, 4.69) is 44.2 Å². The molecule has 0 unspecified atom stereocenters. The Morgan fingerprint density at radius 1 is 0.698 bits per heavy atom. The van der Waals surface area contributed by atoms with E-state index in [1.807, 2.05) is 0 Å². The van der Waals surface area contributed by atoms with Crippen molar-refractivity contribution in [1.29, 1.82) is 0 Å². The smallest absolute Gasteiger partial charge is 0.326 e. The molecule has 0 radical (unpaired) electrons. The Kier molecular flexibility index (Phi) is 22.2. The fourth-order valence-electron chi connectivity index (χ4n) is 4.93. The predicted molar refractivity (Wildman–Crippen MR) is 202 cm³/mol. The van der Waals surface area contributed by atoms with Gasteiger partial charge in [-0.1, -0.05) is 18.6 Å². The Balaban J connectivity index is 3.15. The summed E-state index contributed by atoms with van der Waals surface area (Å²) in [5, 5.41) is 32.2. The number of carboxylic acid groups (broad SMARTS) is 1. The number of thiol groups is 1. The van der Waals surface area contributed by atoms with Gasteiger partial charge in [-0.2, -0.15) is 12.6 Å². The third-order valence-electron chi connectivity index (χ3n) is 8.02. The number of aliphatic carboxylic acids is 1. The molecular weight excluding hydrogens is 710 g/mol. The van der Waals surface area contributed by atoms with Crippen molar-refractivity contribution in [3.05, 3.63) is 29.8 Å². The number of guanidine groups is 1. The van der Waals surface area contributed by atoms with Gasteiger partial charge in [-0.3, -0.25) is 29.0 Å². The summed E-state index contributed by atoms with van der Waals surface area (Å²) in [6.45, 7) is 2.32. The first-order chi connectivity index (χ1) is 25.1. The molecule has 0 saturated heterocycles. The second-order valence-electron chi connectivity index (χ2n) is 12.5. The van der Waals surface area contributed by atoms with Crippen LogP contribution in [0.4, 0.5) is 0 Å². The first-order valence-electron chi connectivity index (χ1n) is 17.5. The fraction of sp³-hybridized carbons (Fsp3) is 0.606. The summed E-state index contributed by atoms with van der Waals surface area (Å²) in [5.41, 5.74) is 28.2. The number of rotatable bonds is 26. The molecule has 298 valence electrons. The molecule has 1 aromatic rings. The maximum atomic E-state index is 13.7. The average Bonchev–Trinajstić information content (AvgIpc) is 3.11. The molecule has 0 aliphatic rings. The van der Waals surface area contributed by atoms with Gasteiger partial charge in [0.25, 0.3) is 0 Å². The van der Waals surface area contributed by atoms with E-state index >= 15 is 0 Å². The van der Waals surface area contributed by atoms with Crippen LogP contribution in [-0.4, -0.2) is 113 Å². The molecule has 0 fully saturated rings. The Morgan fingerprint density at radius 2 is 1.21 bits per heavy atom. The van der Waals surface area contributed by atoms with E-state index in [9.17, 15) is 39.0 Å². The molecule has 0 aliphatic heterocycles. The number of phenols is 1. The Labute approximate surface area is 314 Å². The molecule has 0 spiro atoms. The van der Waals surface area contributed by atoms with Gasteiger partial charge in [0, 0.05) is 18.7 Å². The summed E-state index contributed by atoms with van der Waals surface area (Å²) in [5.74, 6) is -5.25. The standard InChI is InChI=1S/C33H57N11O8S/c1-19(40-28(47)22(36)7-2-4-14-34)27(46)44-26(18-53)31(50)41-23(8-3-5-15-35)29(48)43-25(17-20-10-12-21(45)13-11-20)30(49)42-24(32(51)52)9-6-16-39-33(37)38/h10-13,19,22-26,45,53H,2-9,14-18,34-36H2,1H3,(H,40,47)(H,41,50)(H,42,49)(H,43,48)(H,44,46)(H,51,52)(H4,37,38,39)/t19-,22-,23-,24-,25-,26-/m0/s1. The van der Waals surface area contributed by atoms with E-state index in [0.717, 1.165) is 0 Å². The minimum absolute atomic E-state index is 0.0176. The van der Waals surface area contributed by atoms with Crippen LogP contribution in [0.1, 0.15) is 63.9 Å². The van der Waals surface area contributed by atoms with Crippen molar-refractivity contribution >= 4 is 54.1 Å². The molecule has 0 bridgehead atoms. The van der Waals surface area contributed by atoms with Gasteiger partial charge in [-0.05, 0) is 82.7 Å². The van der Waals surface area contributed by atoms with Crippen LogP contribution in [0.5, 0.6) is 5.75 Å². The van der Waals surface area contributed by atoms with Crippen LogP contribution in [0.15, 0.2) is 29.3 Å². The predicted octanol–water partition coefficient (Wildman–Crippen LogP) is -2.97. The lowest BCUT2D eigenvalue weighted by atomic mass is 10.0. The highest BCUT2D eigenvalue weighted by Crippen LogP contribution is 2.13. The van der Waals surface area contributed by atoms with Crippen LogP contribution in [-0.2, 0) is 35.2 Å². The summed E-state index contributed by atoms with van der Waals surface area (Å²) < 4.78 is 0. The number of nitrogens with one attached hydrogen (secondary N) is 5. The monoisotopic (exact) mass is 767 g/mol. The highest BCUT2D eigenvalue weighted by molar-refractivity contribution is 7.80. The van der Waals surface area contributed by atoms with Crippen LogP contribution < -0.4 is 55.3 Å². The number of nitrogens with two attached hydrogens (primary N) is 5. The topological polar surface area (TPSA) is 345 Å². The van der Waals surface area contributed by atoms with Crippen molar-refractivity contribution in [1.82, 2.24) is 26.6 Å². The second kappa shape index (κ2) is 25.3. The highest BCUT2D eigenvalue weighted by atomic mass is 32.1. The molecule has 0 aliphatic carbocycles. The van der Waals surface area contributed by atoms with Crippen LogP contribution >= 0.6 is 12.6 Å². The lowest BCUT2D eigenvalue weighted by molar-refractivity contribution is -0.142. The van der Waals surface area contributed by atoms with Crippen molar-refractivity contribution in [3.63, 3.8) is 0 Å². The maximum Gasteiger partial charge on any atom is 0.326 e. The van der Waals surface area contributed by atoms with Crippen molar-refractivity contribution < 1.29 is 39.0 Å². The van der Waals surface area contributed by atoms with Crippen molar-refractivity contribution in [2.24, 2.45) is 33.7 Å². The van der Waals surface area contributed by atoms with E-state index in [1.165, 1.54) is 31.2 Å². The minimum atomic E-state index is -1.34. The number of unbranched alkanes of at least 4 members (excludes halogenated alkanes) is 2. The molecule has 17 N–H and O–H groups in total. The van der Waals surface area contributed by atoms with Crippen molar-refractivity contribution in [2.45, 2.75) is 101 Å². The van der Waals surface area contributed by atoms with Gasteiger partial charge in [-0.15, -0.1) is 0 Å². The van der Waals surface area contributed by atoms with Crippen LogP contribution in [0.2, 0.25) is 0 Å². The number of carbonyl (C=O) groups is 6. The molecule has 1 rings (SSSR count). The highest BCUT2D eigenvalue weighted by Gasteiger charge is 2.32. The molecule has 19 nitrogen and oxygen atoms in total. The van der Waals surface area contributed by atoms with E-state index in [-0.39, 0.29) is 49.7 Å². The third-order valence-corrected chi connectivity index (χ3v) is 8.39. The molecule has 0 saturated carbocycles. The normalized spacial score (nSPS) is 14.3. The number of benzene rings is 1. The number of aromatic hydroxyl groups is 1. The van der Waals surface area contributed by atoms with E-state index in [4.69, 9.17) is 28.7 Å². The molecular formula is C33H57N11O8S. The Bertz CT molecular complexity index is 1360. The third kappa shape index (κ3) is 18.6. The number of amides is 5. The molecule has 6 atom stereocenters. The molecule has 0 heterocycles. The second-order valence-corrected chi connectivity index (χ2v) is 12.9. The van der Waals surface area contributed by atoms with Gasteiger partial charge in [0.1, 0.15) is 36.0 Å². The van der Waals surface area contributed by atoms with Crippen LogP contribution in [0.3, 0.4) is 0 Å². The van der Waals surface area contributed by atoms with Crippen molar-refractivity contribution in [3.8, 4) is 5.75 Å². The molecule has 0 aromatic heterocycles. The number of carboxylic acids is 1. The van der Waals surface area contributed by atoms with E-state index < -0.39 is 71.8 Å². The SMILES string of the molecule is C[C@H](NC(=O)[C@@H](N)CCCCN)C(=O)N[C@@H](CS)C(=O)N[C@@H](CCCCN)C(=O)N[C@@H](Cc1ccc(O)cc1)C(=O)N[C@@H](CCCN=C(N)N)C(=O)O. The van der Waals surface area contributed by atoms with Gasteiger partial charge in [0.2, 0.25) is 29.5 Å². The first-order valence-corrected chi connectivity index (χ1v) is 18.1. The summed E-state index contributed by atoms with van der Waals surface area (Å²) in [6.07, 6.45) is 2.85. The Morgan fingerprint density at radius 3 is 1.77 bits per heavy atom. The van der Waals surface area contributed by atoms with Crippen LogP contribution in [0, 0.1) is 0 Å². The summed E-state index contributed by atoms with van der Waals surface area (Å²) in [4.78, 5) is 81.8. The van der Waals surface area contributed by atoms with Crippen LogP contribution in [0.25, 0.3) is 0 Å². The number of hydrogen-bond donors (Lipinski definition) is 13. The van der Waals surface area contributed by atoms with E-state index in [1.54, 1.807) is 0 Å². The Hall–Kier alpha value is -4.66. The zero-order valence-corrected chi connectivity index (χ0v) is 31.0.